The molecule has 2 aromatic rings. The zero-order valence-electron chi connectivity index (χ0n) is 13.0. The molecule has 3 rings (SSSR count). The summed E-state index contributed by atoms with van der Waals surface area (Å²) in [6, 6.07) is 6.46. The molecule has 3 N–H and O–H groups in total. The Morgan fingerprint density at radius 1 is 1.21 bits per heavy atom. The molecule has 1 aliphatic carbocycles. The summed E-state index contributed by atoms with van der Waals surface area (Å²) in [4.78, 5) is 39.2. The molecular weight excluding hydrogens is 308 g/mol. The molecule has 2 unspecified atom stereocenters. The van der Waals surface area contributed by atoms with Crippen molar-refractivity contribution in [1.82, 2.24) is 14.9 Å². The molecule has 24 heavy (non-hydrogen) atoms. The first-order valence-electron chi connectivity index (χ1n) is 7.79. The van der Waals surface area contributed by atoms with E-state index in [-0.39, 0.29) is 29.3 Å². The number of nitrogens with one attached hydrogen (secondary N) is 1. The molecule has 0 aliphatic heterocycles. The molecular formula is C17H18N4O3. The van der Waals surface area contributed by atoms with Crippen LogP contribution in [0.1, 0.15) is 29.6 Å². The molecule has 1 aromatic heterocycles. The third-order valence-corrected chi connectivity index (χ3v) is 4.33. The van der Waals surface area contributed by atoms with Gasteiger partial charge >= 0.3 is 0 Å². The summed E-state index contributed by atoms with van der Waals surface area (Å²) >= 11 is 0. The maximum atomic E-state index is 12.3. The van der Waals surface area contributed by atoms with Crippen LogP contribution >= 0.6 is 0 Å². The molecule has 1 fully saturated rings. The van der Waals surface area contributed by atoms with Gasteiger partial charge in [-0.15, -0.1) is 0 Å². The first-order chi connectivity index (χ1) is 11.6. The van der Waals surface area contributed by atoms with Gasteiger partial charge in [-0.2, -0.15) is 0 Å². The minimum Gasteiger partial charge on any atom is -0.369 e. The second-order valence-corrected chi connectivity index (χ2v) is 5.85. The maximum absolute atomic E-state index is 12.3. The van der Waals surface area contributed by atoms with Crippen molar-refractivity contribution < 1.29 is 9.59 Å². The van der Waals surface area contributed by atoms with Gasteiger partial charge in [-0.3, -0.25) is 23.9 Å². The highest BCUT2D eigenvalue weighted by molar-refractivity contribution is 5.95. The van der Waals surface area contributed by atoms with Crippen molar-refractivity contribution in [3.05, 3.63) is 58.8 Å². The molecule has 1 heterocycles. The Kier molecular flexibility index (Phi) is 4.41. The predicted octanol–water partition coefficient (Wildman–Crippen LogP) is 0.616. The van der Waals surface area contributed by atoms with Gasteiger partial charge in [0.05, 0.1) is 12.1 Å². The van der Waals surface area contributed by atoms with Gasteiger partial charge in [0.2, 0.25) is 5.91 Å². The summed E-state index contributed by atoms with van der Waals surface area (Å²) in [5.41, 5.74) is 6.24. The van der Waals surface area contributed by atoms with Crippen LogP contribution in [-0.2, 0) is 4.79 Å². The Morgan fingerprint density at radius 2 is 1.96 bits per heavy atom. The van der Waals surface area contributed by atoms with Gasteiger partial charge in [-0.1, -0.05) is 6.42 Å². The molecule has 1 aromatic carbocycles. The molecule has 7 heteroatoms. The quantitative estimate of drug-likeness (QED) is 0.858. The van der Waals surface area contributed by atoms with Gasteiger partial charge < -0.3 is 11.1 Å². The number of hydrogen-bond donors (Lipinski definition) is 2. The second kappa shape index (κ2) is 6.66. The number of carbonyl (C=O) groups excluding carboxylic acids is 2. The van der Waals surface area contributed by atoms with Crippen LogP contribution < -0.4 is 16.6 Å². The van der Waals surface area contributed by atoms with E-state index < -0.39 is 0 Å². The maximum Gasteiger partial charge on any atom is 0.273 e. The van der Waals surface area contributed by atoms with E-state index in [4.69, 9.17) is 5.73 Å². The van der Waals surface area contributed by atoms with Crippen LogP contribution in [0.25, 0.3) is 5.69 Å². The van der Waals surface area contributed by atoms with E-state index in [1.165, 1.54) is 17.0 Å². The van der Waals surface area contributed by atoms with E-state index in [0.29, 0.717) is 17.7 Å². The number of rotatable bonds is 4. The zero-order valence-corrected chi connectivity index (χ0v) is 13.0. The fourth-order valence-electron chi connectivity index (χ4n) is 3.06. The first-order valence-corrected chi connectivity index (χ1v) is 7.79. The van der Waals surface area contributed by atoms with Gasteiger partial charge in [-0.05, 0) is 37.1 Å². The van der Waals surface area contributed by atoms with Gasteiger partial charge in [0.1, 0.15) is 0 Å². The van der Waals surface area contributed by atoms with Crippen molar-refractivity contribution in [3.63, 3.8) is 0 Å². The van der Waals surface area contributed by atoms with Crippen LogP contribution in [0.4, 0.5) is 0 Å². The number of amides is 2. The standard InChI is InChI=1S/C17H18N4O3/c18-16(23)13-2-1-3-14(13)20-17(24)11-4-6-12(7-5-11)21-9-8-19-10-15(21)22/h4-10,13-14H,1-3H2,(H2,18,23)(H,20,24). The number of nitrogens with two attached hydrogens (primary N) is 1. The normalized spacial score (nSPS) is 19.8. The molecule has 2 amide bonds. The van der Waals surface area contributed by atoms with Crippen LogP contribution in [0.3, 0.4) is 0 Å². The number of aromatic nitrogens is 2. The van der Waals surface area contributed by atoms with Crippen LogP contribution in [0.15, 0.2) is 47.7 Å². The van der Waals surface area contributed by atoms with E-state index in [2.05, 4.69) is 10.3 Å². The smallest absolute Gasteiger partial charge is 0.273 e. The molecule has 124 valence electrons. The Morgan fingerprint density at radius 3 is 2.62 bits per heavy atom. The van der Waals surface area contributed by atoms with Gasteiger partial charge in [0.15, 0.2) is 0 Å². The van der Waals surface area contributed by atoms with E-state index in [1.807, 2.05) is 0 Å². The average molecular weight is 326 g/mol. The summed E-state index contributed by atoms with van der Waals surface area (Å²) < 4.78 is 1.44. The lowest BCUT2D eigenvalue weighted by molar-refractivity contribution is -0.122. The third kappa shape index (κ3) is 3.19. The summed E-state index contributed by atoms with van der Waals surface area (Å²) in [7, 11) is 0. The number of primary amides is 1. The summed E-state index contributed by atoms with van der Waals surface area (Å²) in [5, 5.41) is 2.88. The van der Waals surface area contributed by atoms with Crippen molar-refractivity contribution in [2.75, 3.05) is 0 Å². The fourth-order valence-corrected chi connectivity index (χ4v) is 3.06. The minimum absolute atomic E-state index is 0.211. The summed E-state index contributed by atoms with van der Waals surface area (Å²) in [6.07, 6.45) is 6.65. The lowest BCUT2D eigenvalue weighted by Crippen LogP contribution is -2.42. The van der Waals surface area contributed by atoms with Crippen molar-refractivity contribution >= 4 is 11.8 Å². The van der Waals surface area contributed by atoms with Crippen molar-refractivity contribution in [2.45, 2.75) is 25.3 Å². The molecule has 0 bridgehead atoms. The van der Waals surface area contributed by atoms with Gasteiger partial charge in [0.25, 0.3) is 11.5 Å². The Balaban J connectivity index is 1.74. The Hall–Kier alpha value is -2.96. The molecule has 7 nitrogen and oxygen atoms in total. The number of hydrogen-bond acceptors (Lipinski definition) is 4. The molecule has 1 aliphatic rings. The minimum atomic E-state index is -0.370. The second-order valence-electron chi connectivity index (χ2n) is 5.85. The lowest BCUT2D eigenvalue weighted by atomic mass is 10.0. The molecule has 2 atom stereocenters. The zero-order chi connectivity index (χ0) is 17.1. The van der Waals surface area contributed by atoms with Crippen LogP contribution in [0, 0.1) is 5.92 Å². The highest BCUT2D eigenvalue weighted by atomic mass is 16.2. The molecule has 0 spiro atoms. The van der Waals surface area contributed by atoms with Crippen molar-refractivity contribution in [3.8, 4) is 5.69 Å². The van der Waals surface area contributed by atoms with E-state index in [1.54, 1.807) is 30.5 Å². The van der Waals surface area contributed by atoms with Crippen LogP contribution in [0.2, 0.25) is 0 Å². The SMILES string of the molecule is NC(=O)C1CCCC1NC(=O)c1ccc(-n2ccncc2=O)cc1. The average Bonchev–Trinajstić information content (AvgIpc) is 3.04. The summed E-state index contributed by atoms with van der Waals surface area (Å²) in [6.45, 7) is 0. The van der Waals surface area contributed by atoms with E-state index in [9.17, 15) is 14.4 Å². The Labute approximate surface area is 138 Å². The highest BCUT2D eigenvalue weighted by Crippen LogP contribution is 2.25. The largest absolute Gasteiger partial charge is 0.369 e. The van der Waals surface area contributed by atoms with Crippen molar-refractivity contribution in [2.24, 2.45) is 11.7 Å². The highest BCUT2D eigenvalue weighted by Gasteiger charge is 2.32. The fraction of sp³-hybridized carbons (Fsp3) is 0.294. The Bertz CT molecular complexity index is 813. The van der Waals surface area contributed by atoms with Gasteiger partial charge in [-0.25, -0.2) is 0 Å². The van der Waals surface area contributed by atoms with E-state index >= 15 is 0 Å². The number of carbonyl (C=O) groups is 2. The van der Waals surface area contributed by atoms with Crippen LogP contribution in [-0.4, -0.2) is 27.4 Å². The first kappa shape index (κ1) is 15.9. The van der Waals surface area contributed by atoms with Gasteiger partial charge in [0, 0.05) is 29.7 Å². The molecule has 0 radical (unpaired) electrons. The predicted molar refractivity (Wildman–Crippen MR) is 87.6 cm³/mol. The number of benzene rings is 1. The molecule has 0 saturated heterocycles. The third-order valence-electron chi connectivity index (χ3n) is 4.33. The monoisotopic (exact) mass is 326 g/mol. The number of nitrogens with zero attached hydrogens (tertiary/aromatic N) is 2. The summed E-state index contributed by atoms with van der Waals surface area (Å²) in [5.74, 6) is -0.921. The van der Waals surface area contributed by atoms with Crippen molar-refractivity contribution in [1.29, 1.82) is 0 Å². The lowest BCUT2D eigenvalue weighted by Gasteiger charge is -2.18. The van der Waals surface area contributed by atoms with Crippen LogP contribution in [0.5, 0.6) is 0 Å². The van der Waals surface area contributed by atoms with E-state index in [0.717, 1.165) is 12.8 Å². The molecule has 1 saturated carbocycles. The topological polar surface area (TPSA) is 107 Å².